The van der Waals surface area contributed by atoms with Crippen LogP contribution < -0.4 is 0 Å². The van der Waals surface area contributed by atoms with Crippen LogP contribution in [0, 0.1) is 23.2 Å². The number of carbonyl (C=O) groups excluding carboxylic acids is 2. The lowest BCUT2D eigenvalue weighted by molar-refractivity contribution is -0.152. The number of hydrogen-bond acceptors (Lipinski definition) is 5. The predicted molar refractivity (Wildman–Crippen MR) is 114 cm³/mol. The van der Waals surface area contributed by atoms with Crippen molar-refractivity contribution >= 4 is 28.1 Å². The highest BCUT2D eigenvalue weighted by Crippen LogP contribution is 2.60. The Hall–Kier alpha value is -1.30. The number of cyclic esters (lactones) is 1. The van der Waals surface area contributed by atoms with Gasteiger partial charge in [0.25, 0.3) is 0 Å². The van der Waals surface area contributed by atoms with Gasteiger partial charge in [-0.15, -0.1) is 0 Å². The zero-order valence-corrected chi connectivity index (χ0v) is 19.5. The molecule has 0 aromatic carbocycles. The fourth-order valence-corrected chi connectivity index (χ4v) is 6.40. The van der Waals surface area contributed by atoms with Gasteiger partial charge in [0.1, 0.15) is 5.76 Å². The maximum absolute atomic E-state index is 12.2. The molecule has 0 bridgehead atoms. The molecule has 2 fully saturated rings. The Morgan fingerprint density at radius 2 is 2.17 bits per heavy atom. The van der Waals surface area contributed by atoms with Crippen LogP contribution in [0.15, 0.2) is 22.4 Å². The number of fused-ring (bicyclic) bond motifs is 1. The van der Waals surface area contributed by atoms with E-state index < -0.39 is 17.7 Å². The Morgan fingerprint density at radius 1 is 1.41 bits per heavy atom. The summed E-state index contributed by atoms with van der Waals surface area (Å²) in [6, 6.07) is 0. The van der Waals surface area contributed by atoms with Crippen molar-refractivity contribution in [1.29, 1.82) is 0 Å². The van der Waals surface area contributed by atoms with E-state index in [4.69, 9.17) is 14.2 Å². The molecule has 2 saturated carbocycles. The van der Waals surface area contributed by atoms with Crippen molar-refractivity contribution in [2.24, 2.45) is 23.2 Å². The standard InChI is InChI=1S/C23H33BrO5/c1-5-27-21(26)29-23(4)13-17(28-20(23)25)9-8-15(2)18-10-11-19-16(14-24)7-6-12-22(18,19)3/h13-15,18-19H,5-12H2,1-4H3/t15-,18-,19?,22-,23+/m1/s1. The maximum Gasteiger partial charge on any atom is 0.509 e. The normalized spacial score (nSPS) is 36.4. The van der Waals surface area contributed by atoms with Crippen LogP contribution in [0.2, 0.25) is 0 Å². The van der Waals surface area contributed by atoms with E-state index >= 15 is 0 Å². The van der Waals surface area contributed by atoms with E-state index in [0.29, 0.717) is 35.3 Å². The van der Waals surface area contributed by atoms with Gasteiger partial charge in [-0.1, -0.05) is 35.4 Å². The van der Waals surface area contributed by atoms with E-state index in [-0.39, 0.29) is 6.61 Å². The van der Waals surface area contributed by atoms with Gasteiger partial charge in [-0.2, -0.15) is 0 Å². The Morgan fingerprint density at radius 3 is 2.86 bits per heavy atom. The first-order valence-electron chi connectivity index (χ1n) is 10.8. The Kier molecular flexibility index (Phi) is 6.81. The third kappa shape index (κ3) is 4.42. The second-order valence-electron chi connectivity index (χ2n) is 9.19. The molecule has 29 heavy (non-hydrogen) atoms. The molecule has 0 N–H and O–H groups in total. The second kappa shape index (κ2) is 8.83. The van der Waals surface area contributed by atoms with E-state index in [1.165, 1.54) is 32.1 Å². The smallest absolute Gasteiger partial charge is 0.435 e. The fourth-order valence-electron chi connectivity index (χ4n) is 5.85. The minimum Gasteiger partial charge on any atom is -0.435 e. The molecular weight excluding hydrogens is 436 g/mol. The van der Waals surface area contributed by atoms with Gasteiger partial charge in [0, 0.05) is 12.5 Å². The molecule has 0 aromatic heterocycles. The highest BCUT2D eigenvalue weighted by Gasteiger charge is 2.51. The molecule has 1 aliphatic heterocycles. The van der Waals surface area contributed by atoms with Crippen molar-refractivity contribution in [2.45, 2.75) is 78.2 Å². The average Bonchev–Trinajstić information content (AvgIpc) is 3.16. The highest BCUT2D eigenvalue weighted by molar-refractivity contribution is 9.11. The van der Waals surface area contributed by atoms with Gasteiger partial charge < -0.3 is 14.2 Å². The monoisotopic (exact) mass is 468 g/mol. The molecule has 0 saturated heterocycles. The number of halogens is 1. The third-order valence-electron chi connectivity index (χ3n) is 7.33. The third-order valence-corrected chi connectivity index (χ3v) is 7.92. The van der Waals surface area contributed by atoms with E-state index in [1.54, 1.807) is 25.5 Å². The Labute approximate surface area is 182 Å². The van der Waals surface area contributed by atoms with E-state index in [9.17, 15) is 9.59 Å². The van der Waals surface area contributed by atoms with Crippen molar-refractivity contribution < 1.29 is 23.8 Å². The molecule has 0 radical (unpaired) electrons. The molecule has 162 valence electrons. The number of rotatable bonds is 6. The molecule has 5 atom stereocenters. The number of allylic oxidation sites excluding steroid dienone is 2. The van der Waals surface area contributed by atoms with Crippen LogP contribution in [0.25, 0.3) is 0 Å². The lowest BCUT2D eigenvalue weighted by Crippen LogP contribution is -2.36. The maximum atomic E-state index is 12.2. The summed E-state index contributed by atoms with van der Waals surface area (Å²) in [4.78, 5) is 26.0. The molecule has 6 heteroatoms. The largest absolute Gasteiger partial charge is 0.509 e. The molecule has 1 heterocycles. The first-order chi connectivity index (χ1) is 13.7. The molecule has 0 amide bonds. The summed E-state index contributed by atoms with van der Waals surface area (Å²) < 4.78 is 15.4. The fraction of sp³-hybridized carbons (Fsp3) is 0.739. The van der Waals surface area contributed by atoms with Crippen molar-refractivity contribution in [3.63, 3.8) is 0 Å². The van der Waals surface area contributed by atoms with Crippen LogP contribution in [0.3, 0.4) is 0 Å². The van der Waals surface area contributed by atoms with E-state index in [1.807, 2.05) is 0 Å². The van der Waals surface area contributed by atoms with Gasteiger partial charge in [-0.25, -0.2) is 9.59 Å². The number of hydrogen-bond donors (Lipinski definition) is 0. The summed E-state index contributed by atoms with van der Waals surface area (Å²) in [6.07, 6.45) is 8.71. The molecule has 2 aliphatic carbocycles. The summed E-state index contributed by atoms with van der Waals surface area (Å²) in [7, 11) is 0. The average molecular weight is 469 g/mol. The van der Waals surface area contributed by atoms with Crippen molar-refractivity contribution in [3.8, 4) is 0 Å². The lowest BCUT2D eigenvalue weighted by atomic mass is 9.61. The molecule has 5 nitrogen and oxygen atoms in total. The molecule has 3 aliphatic rings. The van der Waals surface area contributed by atoms with Gasteiger partial charge in [0.05, 0.1) is 6.61 Å². The number of esters is 1. The first kappa shape index (κ1) is 22.4. The zero-order valence-electron chi connectivity index (χ0n) is 18.0. The van der Waals surface area contributed by atoms with Crippen molar-refractivity contribution in [1.82, 2.24) is 0 Å². The van der Waals surface area contributed by atoms with Crippen LogP contribution in [-0.2, 0) is 19.0 Å². The summed E-state index contributed by atoms with van der Waals surface area (Å²) in [6.45, 7) is 8.24. The minimum absolute atomic E-state index is 0.200. The van der Waals surface area contributed by atoms with Crippen molar-refractivity contribution in [2.75, 3.05) is 6.61 Å². The summed E-state index contributed by atoms with van der Waals surface area (Å²) >= 11 is 3.58. The van der Waals surface area contributed by atoms with Gasteiger partial charge >= 0.3 is 12.1 Å². The number of ether oxygens (including phenoxy) is 3. The SMILES string of the molecule is CCOC(=O)O[C@@]1(C)C=C(CC[C@@H](C)[C@H]2CCC3C(=CBr)CCC[C@@]32C)OC1=O. The summed E-state index contributed by atoms with van der Waals surface area (Å²) in [5.74, 6) is 1.94. The lowest BCUT2D eigenvalue weighted by Gasteiger charge is -2.44. The van der Waals surface area contributed by atoms with Crippen LogP contribution in [0.5, 0.6) is 0 Å². The molecular formula is C23H33BrO5. The van der Waals surface area contributed by atoms with Crippen molar-refractivity contribution in [3.05, 3.63) is 22.4 Å². The molecule has 0 spiro atoms. The predicted octanol–water partition coefficient (Wildman–Crippen LogP) is 6.27. The van der Waals surface area contributed by atoms with Crippen LogP contribution >= 0.6 is 15.9 Å². The van der Waals surface area contributed by atoms with Crippen LogP contribution in [-0.4, -0.2) is 24.3 Å². The minimum atomic E-state index is -1.39. The van der Waals surface area contributed by atoms with Crippen LogP contribution in [0.1, 0.15) is 72.6 Å². The van der Waals surface area contributed by atoms with Gasteiger partial charge in [-0.3, -0.25) is 0 Å². The second-order valence-corrected chi connectivity index (χ2v) is 9.65. The van der Waals surface area contributed by atoms with Gasteiger partial charge in [0.2, 0.25) is 5.60 Å². The topological polar surface area (TPSA) is 61.8 Å². The molecule has 1 unspecified atom stereocenters. The Bertz CT molecular complexity index is 714. The van der Waals surface area contributed by atoms with Gasteiger partial charge in [-0.05, 0) is 80.5 Å². The van der Waals surface area contributed by atoms with E-state index in [2.05, 4.69) is 34.8 Å². The highest BCUT2D eigenvalue weighted by atomic mass is 79.9. The quantitative estimate of drug-likeness (QED) is 0.429. The number of carbonyl (C=O) groups is 2. The first-order valence-corrected chi connectivity index (χ1v) is 11.7. The van der Waals surface area contributed by atoms with Crippen LogP contribution in [0.4, 0.5) is 4.79 Å². The summed E-state index contributed by atoms with van der Waals surface area (Å²) in [5, 5.41) is 0. The van der Waals surface area contributed by atoms with E-state index in [0.717, 1.165) is 6.42 Å². The Balaban J connectivity index is 1.61. The summed E-state index contributed by atoms with van der Waals surface area (Å²) in [5.41, 5.74) is 0.543. The van der Waals surface area contributed by atoms with Gasteiger partial charge in [0.15, 0.2) is 0 Å². The molecule has 3 rings (SSSR count). The zero-order chi connectivity index (χ0) is 21.2. The molecule has 0 aromatic rings.